The number of ether oxygens (including phenoxy) is 1. The summed E-state index contributed by atoms with van der Waals surface area (Å²) < 4.78 is 10.5. The fourth-order valence-electron chi connectivity index (χ4n) is 1.79. The number of hydrogen-bond donors (Lipinski definition) is 1. The fourth-order valence-corrected chi connectivity index (χ4v) is 2.38. The van der Waals surface area contributed by atoms with E-state index in [1.165, 1.54) is 11.8 Å². The molecule has 0 radical (unpaired) electrons. The van der Waals surface area contributed by atoms with Gasteiger partial charge >= 0.3 is 0 Å². The Labute approximate surface area is 133 Å². The van der Waals surface area contributed by atoms with Crippen molar-refractivity contribution in [1.29, 1.82) is 0 Å². The first-order valence-corrected chi connectivity index (χ1v) is 7.96. The second-order valence-corrected chi connectivity index (χ2v) is 5.65. The van der Waals surface area contributed by atoms with Gasteiger partial charge in [0.05, 0.1) is 5.75 Å². The number of benzene rings is 1. The lowest BCUT2D eigenvalue weighted by Gasteiger charge is -2.02. The van der Waals surface area contributed by atoms with Crippen LogP contribution >= 0.6 is 11.8 Å². The molecule has 1 aromatic heterocycles. The van der Waals surface area contributed by atoms with Crippen LogP contribution < -0.4 is 5.32 Å². The van der Waals surface area contributed by atoms with Gasteiger partial charge in [-0.2, -0.15) is 0 Å². The van der Waals surface area contributed by atoms with Crippen molar-refractivity contribution in [2.75, 3.05) is 26.0 Å². The van der Waals surface area contributed by atoms with Crippen molar-refractivity contribution >= 4 is 17.7 Å². The summed E-state index contributed by atoms with van der Waals surface area (Å²) in [5.74, 6) is 0.658. The predicted octanol–water partition coefficient (Wildman–Crippen LogP) is 2.29. The molecule has 0 saturated carbocycles. The second-order valence-electron chi connectivity index (χ2n) is 4.73. The summed E-state index contributed by atoms with van der Waals surface area (Å²) >= 11 is 1.23. The molecule has 0 bridgehead atoms. The summed E-state index contributed by atoms with van der Waals surface area (Å²) in [6.45, 7) is 3.24. The van der Waals surface area contributed by atoms with E-state index in [0.29, 0.717) is 24.3 Å². The number of nitrogens with zero attached hydrogens (tertiary/aromatic N) is 2. The van der Waals surface area contributed by atoms with E-state index in [-0.39, 0.29) is 11.7 Å². The van der Waals surface area contributed by atoms with Crippen LogP contribution in [0.5, 0.6) is 0 Å². The van der Waals surface area contributed by atoms with Gasteiger partial charge in [-0.25, -0.2) is 0 Å². The molecule has 2 rings (SSSR count). The quantitative estimate of drug-likeness (QED) is 0.594. The first-order valence-electron chi connectivity index (χ1n) is 6.98. The molecule has 118 valence electrons. The minimum Gasteiger partial charge on any atom is -0.411 e. The summed E-state index contributed by atoms with van der Waals surface area (Å²) in [6, 6.07) is 7.83. The maximum Gasteiger partial charge on any atom is 0.277 e. The number of amides is 1. The van der Waals surface area contributed by atoms with Gasteiger partial charge in [-0.3, -0.25) is 4.79 Å². The van der Waals surface area contributed by atoms with Gasteiger partial charge in [0.1, 0.15) is 0 Å². The number of hydrogen-bond acceptors (Lipinski definition) is 6. The minimum absolute atomic E-state index is 0.0589. The van der Waals surface area contributed by atoms with Crippen molar-refractivity contribution in [2.45, 2.75) is 18.6 Å². The van der Waals surface area contributed by atoms with Crippen molar-refractivity contribution < 1.29 is 13.9 Å². The Hall–Kier alpha value is -1.86. The van der Waals surface area contributed by atoms with Crippen LogP contribution in [0, 0.1) is 6.92 Å². The first-order chi connectivity index (χ1) is 10.7. The zero-order valence-electron chi connectivity index (χ0n) is 12.7. The average Bonchev–Trinajstić information content (AvgIpc) is 2.98. The molecule has 0 atom stereocenters. The molecule has 0 aliphatic heterocycles. The highest BCUT2D eigenvalue weighted by atomic mass is 32.2. The van der Waals surface area contributed by atoms with E-state index in [1.54, 1.807) is 7.11 Å². The molecular weight excluding hydrogens is 302 g/mol. The van der Waals surface area contributed by atoms with Crippen LogP contribution in [0.3, 0.4) is 0 Å². The zero-order valence-corrected chi connectivity index (χ0v) is 13.5. The standard InChI is InChI=1S/C15H19N3O3S/c1-11-5-3-6-12(9-11)14-17-18-15(21-14)22-10-13(19)16-7-4-8-20-2/h3,5-6,9H,4,7-8,10H2,1-2H3,(H,16,19). The number of methoxy groups -OCH3 is 1. The maximum absolute atomic E-state index is 11.6. The van der Waals surface area contributed by atoms with Crippen LogP contribution in [0.15, 0.2) is 33.9 Å². The largest absolute Gasteiger partial charge is 0.411 e. The van der Waals surface area contributed by atoms with Gasteiger partial charge in [0.25, 0.3) is 5.22 Å². The third-order valence-electron chi connectivity index (χ3n) is 2.85. The lowest BCUT2D eigenvalue weighted by atomic mass is 10.1. The van der Waals surface area contributed by atoms with Crippen molar-refractivity contribution in [3.63, 3.8) is 0 Å². The third-order valence-corrected chi connectivity index (χ3v) is 3.66. The number of nitrogens with one attached hydrogen (secondary N) is 1. The van der Waals surface area contributed by atoms with Gasteiger partial charge in [-0.1, -0.05) is 29.5 Å². The second kappa shape index (κ2) is 8.55. The molecule has 1 amide bonds. The van der Waals surface area contributed by atoms with Crippen molar-refractivity contribution in [1.82, 2.24) is 15.5 Å². The maximum atomic E-state index is 11.6. The Morgan fingerprint density at radius 1 is 1.41 bits per heavy atom. The molecule has 0 aliphatic rings. The number of rotatable bonds is 8. The Morgan fingerprint density at radius 3 is 3.05 bits per heavy atom. The van der Waals surface area contributed by atoms with Crippen LogP contribution in [0.2, 0.25) is 0 Å². The summed E-state index contributed by atoms with van der Waals surface area (Å²) in [6.07, 6.45) is 0.797. The number of thioether (sulfide) groups is 1. The normalized spacial score (nSPS) is 10.6. The number of carbonyl (C=O) groups is 1. The molecule has 22 heavy (non-hydrogen) atoms. The van der Waals surface area contributed by atoms with Gasteiger partial charge in [0.2, 0.25) is 11.8 Å². The Balaban J connectivity index is 1.81. The summed E-state index contributed by atoms with van der Waals surface area (Å²) in [5.41, 5.74) is 2.00. The summed E-state index contributed by atoms with van der Waals surface area (Å²) in [5, 5.41) is 11.2. The van der Waals surface area contributed by atoms with Crippen LogP contribution in [0.1, 0.15) is 12.0 Å². The van der Waals surface area contributed by atoms with E-state index < -0.39 is 0 Å². The van der Waals surface area contributed by atoms with E-state index in [2.05, 4.69) is 15.5 Å². The average molecular weight is 321 g/mol. The Kier molecular flexibility index (Phi) is 6.42. The van der Waals surface area contributed by atoms with Gasteiger partial charge in [-0.05, 0) is 25.5 Å². The van der Waals surface area contributed by atoms with Crippen LogP contribution in [-0.4, -0.2) is 42.1 Å². The van der Waals surface area contributed by atoms with Gasteiger partial charge in [-0.15, -0.1) is 10.2 Å². The van der Waals surface area contributed by atoms with Crippen molar-refractivity contribution in [3.05, 3.63) is 29.8 Å². The SMILES string of the molecule is COCCCNC(=O)CSc1nnc(-c2cccc(C)c2)o1. The van der Waals surface area contributed by atoms with Crippen LogP contribution in [0.4, 0.5) is 0 Å². The van der Waals surface area contributed by atoms with E-state index in [1.807, 2.05) is 31.2 Å². The molecule has 1 heterocycles. The molecule has 0 unspecified atom stereocenters. The van der Waals surface area contributed by atoms with Gasteiger partial charge in [0, 0.05) is 25.8 Å². The Bertz CT molecular complexity index is 616. The highest BCUT2D eigenvalue weighted by molar-refractivity contribution is 7.99. The van der Waals surface area contributed by atoms with E-state index in [0.717, 1.165) is 17.5 Å². The van der Waals surface area contributed by atoms with Crippen molar-refractivity contribution in [2.24, 2.45) is 0 Å². The topological polar surface area (TPSA) is 77.2 Å². The molecule has 2 aromatic rings. The van der Waals surface area contributed by atoms with Crippen LogP contribution in [0.25, 0.3) is 11.5 Å². The highest BCUT2D eigenvalue weighted by Crippen LogP contribution is 2.23. The molecule has 0 aliphatic carbocycles. The van der Waals surface area contributed by atoms with Gasteiger partial charge < -0.3 is 14.5 Å². The van der Waals surface area contributed by atoms with Crippen molar-refractivity contribution in [3.8, 4) is 11.5 Å². The van der Waals surface area contributed by atoms with E-state index >= 15 is 0 Å². The molecule has 7 heteroatoms. The van der Waals surface area contributed by atoms with Crippen LogP contribution in [-0.2, 0) is 9.53 Å². The third kappa shape index (κ3) is 5.16. The number of aromatic nitrogens is 2. The van der Waals surface area contributed by atoms with E-state index in [4.69, 9.17) is 9.15 Å². The zero-order chi connectivity index (χ0) is 15.8. The summed E-state index contributed by atoms with van der Waals surface area (Å²) in [4.78, 5) is 11.6. The monoisotopic (exact) mass is 321 g/mol. The van der Waals surface area contributed by atoms with E-state index in [9.17, 15) is 4.79 Å². The number of aryl methyl sites for hydroxylation is 1. The van der Waals surface area contributed by atoms with Gasteiger partial charge in [0.15, 0.2) is 0 Å². The molecular formula is C15H19N3O3S. The molecule has 1 aromatic carbocycles. The molecule has 6 nitrogen and oxygen atoms in total. The molecule has 0 spiro atoms. The molecule has 0 saturated heterocycles. The number of carbonyl (C=O) groups excluding carboxylic acids is 1. The Morgan fingerprint density at radius 2 is 2.27 bits per heavy atom. The minimum atomic E-state index is -0.0589. The first kappa shape index (κ1) is 16.5. The fraction of sp³-hybridized carbons (Fsp3) is 0.400. The summed E-state index contributed by atoms with van der Waals surface area (Å²) in [7, 11) is 1.64. The lowest BCUT2D eigenvalue weighted by Crippen LogP contribution is -2.26. The molecule has 0 fully saturated rings. The smallest absolute Gasteiger partial charge is 0.277 e. The highest BCUT2D eigenvalue weighted by Gasteiger charge is 2.11. The lowest BCUT2D eigenvalue weighted by molar-refractivity contribution is -0.118. The molecule has 1 N–H and O–H groups in total. The predicted molar refractivity (Wildman–Crippen MR) is 84.7 cm³/mol.